The van der Waals surface area contributed by atoms with Gasteiger partial charge in [-0.1, -0.05) is 6.07 Å². The third kappa shape index (κ3) is 3.30. The Morgan fingerprint density at radius 1 is 1.37 bits per heavy atom. The van der Waals surface area contributed by atoms with Gasteiger partial charge in [0.2, 0.25) is 0 Å². The van der Waals surface area contributed by atoms with Crippen molar-refractivity contribution in [3.8, 4) is 11.5 Å². The first-order valence-electron chi connectivity index (χ1n) is 5.56. The normalized spacial score (nSPS) is 12.3. The number of rotatable bonds is 4. The molecule has 0 aliphatic rings. The van der Waals surface area contributed by atoms with Crippen LogP contribution in [0.15, 0.2) is 18.2 Å². The maximum absolute atomic E-state index is 11.7. The first kappa shape index (κ1) is 17.5. The lowest BCUT2D eigenvalue weighted by Gasteiger charge is -2.30. The van der Waals surface area contributed by atoms with E-state index >= 15 is 0 Å². The summed E-state index contributed by atoms with van der Waals surface area (Å²) in [5.41, 5.74) is 5.51. The van der Waals surface area contributed by atoms with Crippen molar-refractivity contribution >= 4 is 18.4 Å². The molecule has 1 aromatic carbocycles. The van der Waals surface area contributed by atoms with Crippen LogP contribution in [0.25, 0.3) is 0 Å². The number of carbonyl (C=O) groups excluding carboxylic acids is 1. The van der Waals surface area contributed by atoms with Crippen molar-refractivity contribution in [1.82, 2.24) is 0 Å². The van der Waals surface area contributed by atoms with Gasteiger partial charge in [0.25, 0.3) is 0 Å². The second-order valence-corrected chi connectivity index (χ2v) is 4.58. The fraction of sp³-hybridized carbons (Fsp3) is 0.462. The van der Waals surface area contributed by atoms with Crippen molar-refractivity contribution in [3.63, 3.8) is 0 Å². The van der Waals surface area contributed by atoms with Crippen molar-refractivity contribution in [2.45, 2.75) is 19.9 Å². The highest BCUT2D eigenvalue weighted by molar-refractivity contribution is 5.85. The fourth-order valence-corrected chi connectivity index (χ4v) is 1.77. The highest BCUT2D eigenvalue weighted by Crippen LogP contribution is 2.41. The van der Waals surface area contributed by atoms with Crippen LogP contribution >= 0.6 is 12.4 Å². The van der Waals surface area contributed by atoms with E-state index in [1.807, 2.05) is 0 Å². The summed E-state index contributed by atoms with van der Waals surface area (Å²) in [7, 11) is 2.79. The van der Waals surface area contributed by atoms with Gasteiger partial charge in [-0.2, -0.15) is 0 Å². The molecule has 0 amide bonds. The molecule has 0 saturated carbocycles. The molecule has 108 valence electrons. The molecule has 0 fully saturated rings. The number of benzene rings is 1. The molecule has 0 aromatic heterocycles. The number of hydrogen-bond donors (Lipinski definition) is 2. The lowest BCUT2D eigenvalue weighted by molar-refractivity contribution is -0.152. The summed E-state index contributed by atoms with van der Waals surface area (Å²) in [5.74, 6) is -0.00128. The van der Waals surface area contributed by atoms with Crippen molar-refractivity contribution < 1.29 is 19.4 Å². The number of nitrogens with two attached hydrogens (primary N) is 1. The van der Waals surface area contributed by atoms with Crippen molar-refractivity contribution in [1.29, 1.82) is 0 Å². The average molecular weight is 290 g/mol. The quantitative estimate of drug-likeness (QED) is 0.829. The lowest BCUT2D eigenvalue weighted by Crippen LogP contribution is -2.37. The number of ether oxygens (including phenoxy) is 2. The Balaban J connectivity index is 0.00000324. The summed E-state index contributed by atoms with van der Waals surface area (Å²) in [5, 5.41) is 9.90. The van der Waals surface area contributed by atoms with E-state index < -0.39 is 17.4 Å². The highest BCUT2D eigenvalue weighted by Gasteiger charge is 2.39. The minimum atomic E-state index is -0.971. The number of methoxy groups -OCH3 is 2. The average Bonchev–Trinajstić information content (AvgIpc) is 2.36. The van der Waals surface area contributed by atoms with Gasteiger partial charge in [-0.3, -0.25) is 4.79 Å². The second-order valence-electron chi connectivity index (χ2n) is 4.58. The zero-order chi connectivity index (χ0) is 13.9. The predicted octanol–water partition coefficient (Wildman–Crippen LogP) is 2.02. The van der Waals surface area contributed by atoms with Gasteiger partial charge in [-0.15, -0.1) is 12.4 Å². The van der Waals surface area contributed by atoms with Gasteiger partial charge < -0.3 is 20.3 Å². The topological polar surface area (TPSA) is 81.8 Å². The smallest absolute Gasteiger partial charge is 0.313 e. The van der Waals surface area contributed by atoms with E-state index in [1.165, 1.54) is 20.3 Å². The summed E-state index contributed by atoms with van der Waals surface area (Å²) in [6, 6.07) is 4.10. The van der Waals surface area contributed by atoms with E-state index in [0.29, 0.717) is 11.3 Å². The van der Waals surface area contributed by atoms with E-state index in [0.717, 1.165) is 0 Å². The molecule has 0 unspecified atom stereocenters. The summed E-state index contributed by atoms with van der Waals surface area (Å²) in [6.07, 6.45) is 0. The van der Waals surface area contributed by atoms with Crippen LogP contribution in [-0.4, -0.2) is 25.3 Å². The summed E-state index contributed by atoms with van der Waals surface area (Å²) in [4.78, 5) is 11.7. The van der Waals surface area contributed by atoms with Crippen LogP contribution in [0.2, 0.25) is 0 Å². The molecule has 3 N–H and O–H groups in total. The first-order valence-corrected chi connectivity index (χ1v) is 5.56. The van der Waals surface area contributed by atoms with Crippen LogP contribution in [0.1, 0.15) is 25.5 Å². The van der Waals surface area contributed by atoms with Crippen LogP contribution in [0.3, 0.4) is 0 Å². The van der Waals surface area contributed by atoms with Crippen LogP contribution in [-0.2, 0) is 9.53 Å². The third-order valence-corrected chi connectivity index (χ3v) is 3.06. The maximum atomic E-state index is 11.7. The van der Waals surface area contributed by atoms with Gasteiger partial charge >= 0.3 is 5.97 Å². The molecular weight excluding hydrogens is 270 g/mol. The van der Waals surface area contributed by atoms with Gasteiger partial charge in [-0.25, -0.2) is 0 Å². The van der Waals surface area contributed by atoms with E-state index in [9.17, 15) is 9.90 Å². The van der Waals surface area contributed by atoms with Crippen molar-refractivity contribution in [2.24, 2.45) is 11.1 Å². The molecule has 0 heterocycles. The Morgan fingerprint density at radius 2 is 1.95 bits per heavy atom. The van der Waals surface area contributed by atoms with Crippen molar-refractivity contribution in [3.05, 3.63) is 23.8 Å². The maximum Gasteiger partial charge on any atom is 0.313 e. The van der Waals surface area contributed by atoms with Gasteiger partial charge in [0.1, 0.15) is 11.5 Å². The second kappa shape index (κ2) is 6.63. The molecule has 0 radical (unpaired) electrons. The Morgan fingerprint density at radius 3 is 2.42 bits per heavy atom. The molecule has 1 aromatic rings. The number of phenolic OH excluding ortho intramolecular Hbond substituents is 1. The Labute approximate surface area is 119 Å². The van der Waals surface area contributed by atoms with Gasteiger partial charge in [-0.05, 0) is 26.0 Å². The Bertz CT molecular complexity index is 448. The number of esters is 1. The molecule has 1 rings (SSSR count). The molecule has 5 nitrogen and oxygen atoms in total. The molecule has 19 heavy (non-hydrogen) atoms. The predicted molar refractivity (Wildman–Crippen MR) is 74.6 cm³/mol. The number of halogens is 1. The molecule has 0 aliphatic carbocycles. The largest absolute Gasteiger partial charge is 0.507 e. The Hall–Kier alpha value is -1.46. The van der Waals surface area contributed by atoms with Gasteiger partial charge in [0.05, 0.1) is 31.2 Å². The molecular formula is C13H20ClNO4. The first-order chi connectivity index (χ1) is 8.36. The van der Waals surface area contributed by atoms with E-state index in [2.05, 4.69) is 0 Å². The van der Waals surface area contributed by atoms with Crippen LogP contribution in [0, 0.1) is 5.41 Å². The number of carbonyl (C=O) groups is 1. The summed E-state index contributed by atoms with van der Waals surface area (Å²) < 4.78 is 9.89. The number of phenols is 1. The lowest BCUT2D eigenvalue weighted by atomic mass is 9.80. The molecule has 0 bridgehead atoms. The standard InChI is InChI=1S/C13H19NO4.ClH/c1-13(2,12(16)18-4)11(14)10-8(15)6-5-7-9(10)17-3;/h5-7,11,15H,14H2,1-4H3;1H/t11-;/m1./s1. The summed E-state index contributed by atoms with van der Waals surface area (Å²) in [6.45, 7) is 3.32. The molecule has 0 spiro atoms. The zero-order valence-electron chi connectivity index (χ0n) is 11.5. The van der Waals surface area contributed by atoms with E-state index in [4.69, 9.17) is 15.2 Å². The molecule has 0 aliphatic heterocycles. The zero-order valence-corrected chi connectivity index (χ0v) is 12.3. The molecule has 1 atom stereocenters. The van der Waals surface area contributed by atoms with E-state index in [-0.39, 0.29) is 18.2 Å². The SMILES string of the molecule is COC(=O)C(C)(C)[C@H](N)c1c(O)cccc1OC.Cl. The van der Waals surface area contributed by atoms with Gasteiger partial charge in [0.15, 0.2) is 0 Å². The minimum absolute atomic E-state index is 0. The highest BCUT2D eigenvalue weighted by atomic mass is 35.5. The summed E-state index contributed by atoms with van der Waals surface area (Å²) >= 11 is 0. The molecule has 6 heteroatoms. The third-order valence-electron chi connectivity index (χ3n) is 3.06. The number of aromatic hydroxyl groups is 1. The number of hydrogen-bond acceptors (Lipinski definition) is 5. The fourth-order valence-electron chi connectivity index (χ4n) is 1.77. The van der Waals surface area contributed by atoms with E-state index in [1.54, 1.807) is 26.0 Å². The monoisotopic (exact) mass is 289 g/mol. The van der Waals surface area contributed by atoms with Gasteiger partial charge in [0, 0.05) is 0 Å². The minimum Gasteiger partial charge on any atom is -0.507 e. The Kier molecular flexibility index (Phi) is 6.12. The van der Waals surface area contributed by atoms with Crippen molar-refractivity contribution in [2.75, 3.05) is 14.2 Å². The van der Waals surface area contributed by atoms with Crippen LogP contribution in [0.4, 0.5) is 0 Å². The van der Waals surface area contributed by atoms with Crippen LogP contribution < -0.4 is 10.5 Å². The van der Waals surface area contributed by atoms with Crippen LogP contribution in [0.5, 0.6) is 11.5 Å². The molecule has 0 saturated heterocycles.